The molecule has 1 aliphatic rings. The van der Waals surface area contributed by atoms with E-state index in [4.69, 9.17) is 16.3 Å². The van der Waals surface area contributed by atoms with Gasteiger partial charge in [-0.15, -0.1) is 24.8 Å². The van der Waals surface area contributed by atoms with Crippen LogP contribution in [0.4, 0.5) is 0 Å². The lowest BCUT2D eigenvalue weighted by atomic mass is 10.1. The van der Waals surface area contributed by atoms with Crippen LogP contribution in [0.2, 0.25) is 0 Å². The van der Waals surface area contributed by atoms with Crippen LogP contribution < -0.4 is 0 Å². The molecule has 0 spiro atoms. The van der Waals surface area contributed by atoms with Gasteiger partial charge in [0.2, 0.25) is 0 Å². The summed E-state index contributed by atoms with van der Waals surface area (Å²) in [5.41, 5.74) is 0. The lowest BCUT2D eigenvalue weighted by molar-refractivity contribution is 0.0150. The Bertz CT molecular complexity index is 238. The Kier molecular flexibility index (Phi) is 4.11. The van der Waals surface area contributed by atoms with Crippen LogP contribution >= 0.6 is 18.5 Å². The number of alkyl halides is 1. The van der Waals surface area contributed by atoms with Gasteiger partial charge in [-0.25, -0.2) is 0 Å². The molecule has 0 radical (unpaired) electrons. The van der Waals surface area contributed by atoms with Crippen LogP contribution in [-0.2, 0) is 4.74 Å². The van der Waals surface area contributed by atoms with Gasteiger partial charge in [0.25, 0.3) is 0 Å². The van der Waals surface area contributed by atoms with Gasteiger partial charge in [-0.2, -0.15) is 0 Å². The summed E-state index contributed by atoms with van der Waals surface area (Å²) in [5, 5.41) is 9.50. The SMILES string of the molecule is C=P(C)(C)CC[C@H]1O[C@@H](C)C(Cl)[C@@H]1O. The largest absolute Gasteiger partial charge is 0.389 e. The maximum Gasteiger partial charge on any atom is 0.0990 e. The summed E-state index contributed by atoms with van der Waals surface area (Å²) in [6.07, 6.45) is 5.41. The molecule has 14 heavy (non-hydrogen) atoms. The number of rotatable bonds is 3. The third-order valence-corrected chi connectivity index (χ3v) is 4.65. The van der Waals surface area contributed by atoms with Crippen LogP contribution in [0.5, 0.6) is 0 Å². The van der Waals surface area contributed by atoms with Crippen LogP contribution in [-0.4, -0.2) is 54.6 Å². The Morgan fingerprint density at radius 3 is 2.43 bits per heavy atom. The van der Waals surface area contributed by atoms with Gasteiger partial charge >= 0.3 is 0 Å². The van der Waals surface area contributed by atoms with Gasteiger partial charge in [0.1, 0.15) is 0 Å². The van der Waals surface area contributed by atoms with Crippen molar-refractivity contribution in [2.24, 2.45) is 0 Å². The zero-order valence-corrected chi connectivity index (χ0v) is 10.8. The summed E-state index contributed by atoms with van der Waals surface area (Å²) < 4.78 is 5.59. The molecule has 1 fully saturated rings. The van der Waals surface area contributed by atoms with Crippen molar-refractivity contribution in [1.29, 1.82) is 0 Å². The fraction of sp³-hybridized carbons (Fsp3) is 0.900. The van der Waals surface area contributed by atoms with Gasteiger partial charge in [-0.05, 0) is 32.8 Å². The maximum absolute atomic E-state index is 9.76. The first-order chi connectivity index (χ1) is 6.31. The van der Waals surface area contributed by atoms with Gasteiger partial charge in [0, 0.05) is 0 Å². The van der Waals surface area contributed by atoms with E-state index in [0.29, 0.717) is 0 Å². The van der Waals surface area contributed by atoms with E-state index < -0.39 is 13.0 Å². The normalized spacial score (nSPS) is 38.9. The minimum Gasteiger partial charge on any atom is -0.389 e. The molecule has 4 heteroatoms. The van der Waals surface area contributed by atoms with Crippen LogP contribution in [0.15, 0.2) is 0 Å². The zero-order valence-electron chi connectivity index (χ0n) is 9.11. The second-order valence-corrected chi connectivity index (χ2v) is 9.59. The summed E-state index contributed by atoms with van der Waals surface area (Å²) in [6, 6.07) is 0. The summed E-state index contributed by atoms with van der Waals surface area (Å²) >= 11 is 5.98. The second kappa shape index (κ2) is 4.57. The van der Waals surface area contributed by atoms with Crippen molar-refractivity contribution in [3.05, 3.63) is 0 Å². The van der Waals surface area contributed by atoms with E-state index in [-0.39, 0.29) is 17.6 Å². The van der Waals surface area contributed by atoms with Gasteiger partial charge in [0.05, 0.1) is 23.7 Å². The first-order valence-electron chi connectivity index (χ1n) is 4.96. The molecule has 0 aromatic rings. The van der Waals surface area contributed by atoms with Crippen LogP contribution in [0.1, 0.15) is 13.3 Å². The van der Waals surface area contributed by atoms with Gasteiger partial charge in [-0.1, -0.05) is 0 Å². The Hall–Kier alpha value is 0.510. The van der Waals surface area contributed by atoms with Crippen molar-refractivity contribution in [1.82, 2.24) is 0 Å². The van der Waals surface area contributed by atoms with E-state index >= 15 is 0 Å². The van der Waals surface area contributed by atoms with E-state index in [0.717, 1.165) is 12.6 Å². The van der Waals surface area contributed by atoms with Crippen molar-refractivity contribution >= 4 is 24.8 Å². The van der Waals surface area contributed by atoms with E-state index in [1.165, 1.54) is 0 Å². The lowest BCUT2D eigenvalue weighted by Crippen LogP contribution is -2.28. The van der Waals surface area contributed by atoms with Crippen molar-refractivity contribution in [2.75, 3.05) is 19.5 Å². The molecule has 0 bridgehead atoms. The topological polar surface area (TPSA) is 29.5 Å². The van der Waals surface area contributed by atoms with Gasteiger partial charge in [-0.3, -0.25) is 0 Å². The molecule has 1 aliphatic heterocycles. The molecule has 1 unspecified atom stereocenters. The number of halogens is 1. The Morgan fingerprint density at radius 1 is 1.50 bits per heavy atom. The maximum atomic E-state index is 9.76. The van der Waals surface area contributed by atoms with Crippen LogP contribution in [0.25, 0.3) is 0 Å². The highest BCUT2D eigenvalue weighted by atomic mass is 35.5. The van der Waals surface area contributed by atoms with E-state index in [9.17, 15) is 5.11 Å². The second-order valence-electron chi connectivity index (χ2n) is 4.76. The predicted molar refractivity (Wildman–Crippen MR) is 65.4 cm³/mol. The van der Waals surface area contributed by atoms with Crippen LogP contribution in [0.3, 0.4) is 0 Å². The average molecular weight is 239 g/mol. The number of hydrogen-bond donors (Lipinski definition) is 1. The molecule has 1 N–H and O–H groups in total. The Balaban J connectivity index is 2.44. The minimum absolute atomic E-state index is 0.0390. The molecule has 0 saturated carbocycles. The highest BCUT2D eigenvalue weighted by molar-refractivity contribution is 7.72. The first-order valence-corrected chi connectivity index (χ1v) is 8.45. The highest BCUT2D eigenvalue weighted by Crippen LogP contribution is 2.38. The third-order valence-electron chi connectivity index (χ3n) is 2.56. The number of hydrogen-bond acceptors (Lipinski definition) is 2. The smallest absolute Gasteiger partial charge is 0.0990 e. The molecule has 0 aliphatic carbocycles. The molecule has 0 aromatic heterocycles. The summed E-state index contributed by atoms with van der Waals surface area (Å²) in [4.78, 5) is 0. The molecule has 2 nitrogen and oxygen atoms in total. The predicted octanol–water partition coefficient (Wildman–Crippen LogP) is 1.84. The summed E-state index contributed by atoms with van der Waals surface area (Å²) in [7, 11) is 0. The fourth-order valence-electron chi connectivity index (χ4n) is 1.63. The van der Waals surface area contributed by atoms with Crippen molar-refractivity contribution in [2.45, 2.75) is 37.0 Å². The monoisotopic (exact) mass is 238 g/mol. The zero-order chi connectivity index (χ0) is 10.9. The van der Waals surface area contributed by atoms with E-state index in [2.05, 4.69) is 19.6 Å². The molecule has 1 saturated heterocycles. The Morgan fingerprint density at radius 2 is 2.07 bits per heavy atom. The molecule has 1 rings (SSSR count). The third kappa shape index (κ3) is 3.27. The van der Waals surface area contributed by atoms with Gasteiger partial charge in [0.15, 0.2) is 0 Å². The molecule has 0 amide bonds. The molecule has 0 aromatic carbocycles. The molecular weight excluding hydrogens is 219 g/mol. The van der Waals surface area contributed by atoms with Gasteiger partial charge < -0.3 is 9.84 Å². The number of aliphatic hydroxyl groups excluding tert-OH is 1. The average Bonchev–Trinajstić information content (AvgIpc) is 2.28. The number of ether oxygens (including phenoxy) is 1. The molecular formula is C10H20ClO2P. The van der Waals surface area contributed by atoms with Crippen molar-refractivity contribution in [3.63, 3.8) is 0 Å². The van der Waals surface area contributed by atoms with E-state index in [1.807, 2.05) is 6.92 Å². The molecule has 4 atom stereocenters. The minimum atomic E-state index is -1.02. The fourth-order valence-corrected chi connectivity index (χ4v) is 2.80. The van der Waals surface area contributed by atoms with Crippen molar-refractivity contribution < 1.29 is 9.84 Å². The molecule has 1 heterocycles. The molecule has 84 valence electrons. The highest BCUT2D eigenvalue weighted by Gasteiger charge is 2.39. The number of aliphatic hydroxyl groups is 1. The van der Waals surface area contributed by atoms with Crippen LogP contribution in [0, 0.1) is 0 Å². The Labute approximate surface area is 91.6 Å². The summed E-state index contributed by atoms with van der Waals surface area (Å²) in [5.74, 6) is 0. The van der Waals surface area contributed by atoms with E-state index in [1.54, 1.807) is 0 Å². The lowest BCUT2D eigenvalue weighted by Gasteiger charge is -2.18. The summed E-state index contributed by atoms with van der Waals surface area (Å²) in [6.45, 7) is 5.27. The quantitative estimate of drug-likeness (QED) is 0.601. The first kappa shape index (κ1) is 12.6. The standard InChI is InChI=1S/C10H20ClO2P/c1-7-9(11)10(12)8(13-7)5-6-14(2,3)4/h7-10,12H,2,5-6H2,1,3-4H3/t7-,8+,9?,10+/m0/s1. The van der Waals surface area contributed by atoms with Crippen molar-refractivity contribution in [3.8, 4) is 0 Å².